The Morgan fingerprint density at radius 3 is 2.38 bits per heavy atom. The van der Waals surface area contributed by atoms with Crippen LogP contribution in [-0.4, -0.2) is 10.5 Å². The second kappa shape index (κ2) is 2.30. The van der Waals surface area contributed by atoms with Crippen molar-refractivity contribution in [3.63, 3.8) is 0 Å². The molecule has 1 aliphatic heterocycles. The van der Waals surface area contributed by atoms with E-state index >= 15 is 0 Å². The lowest BCUT2D eigenvalue weighted by Crippen LogP contribution is -2.29. The molecule has 0 N–H and O–H groups in total. The normalized spacial score (nSPS) is 36.8. The molecular weight excluding hydrogens is 116 g/mol. The van der Waals surface area contributed by atoms with E-state index < -0.39 is 0 Å². The molecule has 1 heterocycles. The summed E-state index contributed by atoms with van der Waals surface area (Å²) in [6.07, 6.45) is 4.21. The Bertz CT molecular complexity index is 74.5. The zero-order valence-electron chi connectivity index (χ0n) is 5.74. The van der Waals surface area contributed by atoms with Crippen molar-refractivity contribution in [1.29, 1.82) is 0 Å². The molecule has 0 aromatic heterocycles. The first kappa shape index (κ1) is 6.47. The van der Waals surface area contributed by atoms with Crippen LogP contribution in [0.2, 0.25) is 0 Å². The Morgan fingerprint density at radius 1 is 1.62 bits per heavy atom. The maximum atomic E-state index is 2.38. The van der Waals surface area contributed by atoms with Crippen LogP contribution in [-0.2, 0) is 0 Å². The third-order valence-electron chi connectivity index (χ3n) is 1.86. The summed E-state index contributed by atoms with van der Waals surface area (Å²) in [4.78, 5) is 0. The van der Waals surface area contributed by atoms with Gasteiger partial charge in [-0.3, -0.25) is 0 Å². The van der Waals surface area contributed by atoms with Crippen LogP contribution in [0, 0.1) is 0 Å². The standard InChI is InChI=1S/C7H14S/c1-3-4-7(2)5-6-8-7/h3-6H2,1-2H3. The average molecular weight is 130 g/mol. The van der Waals surface area contributed by atoms with Crippen molar-refractivity contribution >= 4 is 11.8 Å². The van der Waals surface area contributed by atoms with Gasteiger partial charge in [-0.15, -0.1) is 0 Å². The van der Waals surface area contributed by atoms with E-state index in [4.69, 9.17) is 0 Å². The second-order valence-corrected chi connectivity index (χ2v) is 4.48. The van der Waals surface area contributed by atoms with Gasteiger partial charge in [-0.1, -0.05) is 20.3 Å². The molecule has 0 bridgehead atoms. The quantitative estimate of drug-likeness (QED) is 0.554. The molecular formula is C7H14S. The van der Waals surface area contributed by atoms with Crippen LogP contribution in [0.15, 0.2) is 0 Å². The molecule has 1 saturated heterocycles. The zero-order chi connectivity index (χ0) is 6.04. The summed E-state index contributed by atoms with van der Waals surface area (Å²) in [5, 5.41) is 0. The van der Waals surface area contributed by atoms with Gasteiger partial charge in [0.25, 0.3) is 0 Å². The highest BCUT2D eigenvalue weighted by molar-refractivity contribution is 8.02. The molecule has 1 atom stereocenters. The molecule has 0 amide bonds. The summed E-state index contributed by atoms with van der Waals surface area (Å²) in [5.74, 6) is 1.40. The molecule has 1 rings (SSSR count). The van der Waals surface area contributed by atoms with Crippen molar-refractivity contribution in [1.82, 2.24) is 0 Å². The van der Waals surface area contributed by atoms with E-state index in [9.17, 15) is 0 Å². The lowest BCUT2D eigenvalue weighted by Gasteiger charge is -2.37. The first-order valence-corrected chi connectivity index (χ1v) is 4.39. The Hall–Kier alpha value is 0.350. The predicted molar refractivity (Wildman–Crippen MR) is 40.4 cm³/mol. The van der Waals surface area contributed by atoms with Gasteiger partial charge in [0.1, 0.15) is 0 Å². The van der Waals surface area contributed by atoms with Crippen LogP contribution in [0.4, 0.5) is 0 Å². The van der Waals surface area contributed by atoms with Gasteiger partial charge in [-0.05, 0) is 18.6 Å². The van der Waals surface area contributed by atoms with Gasteiger partial charge in [0.05, 0.1) is 0 Å². The Kier molecular flexibility index (Phi) is 1.86. The molecule has 0 nitrogen and oxygen atoms in total. The van der Waals surface area contributed by atoms with Gasteiger partial charge in [-0.25, -0.2) is 0 Å². The minimum atomic E-state index is 0.689. The Labute approximate surface area is 56.0 Å². The molecule has 0 radical (unpaired) electrons. The maximum absolute atomic E-state index is 2.38. The number of rotatable bonds is 2. The number of hydrogen-bond donors (Lipinski definition) is 0. The Balaban J connectivity index is 2.20. The molecule has 0 aromatic carbocycles. The minimum Gasteiger partial charge on any atom is -0.155 e. The summed E-state index contributed by atoms with van der Waals surface area (Å²) in [5.41, 5.74) is 0. The molecule has 48 valence electrons. The van der Waals surface area contributed by atoms with Crippen molar-refractivity contribution in [2.75, 3.05) is 5.75 Å². The van der Waals surface area contributed by atoms with Crippen molar-refractivity contribution in [2.45, 2.75) is 37.9 Å². The topological polar surface area (TPSA) is 0 Å². The summed E-state index contributed by atoms with van der Waals surface area (Å²) < 4.78 is 0.689. The van der Waals surface area contributed by atoms with Crippen LogP contribution in [0.25, 0.3) is 0 Å². The minimum absolute atomic E-state index is 0.689. The van der Waals surface area contributed by atoms with E-state index in [1.54, 1.807) is 0 Å². The summed E-state index contributed by atoms with van der Waals surface area (Å²) in [7, 11) is 0. The van der Waals surface area contributed by atoms with E-state index in [2.05, 4.69) is 25.6 Å². The number of thioether (sulfide) groups is 1. The van der Waals surface area contributed by atoms with Crippen LogP contribution >= 0.6 is 11.8 Å². The molecule has 0 aliphatic carbocycles. The van der Waals surface area contributed by atoms with Gasteiger partial charge >= 0.3 is 0 Å². The third kappa shape index (κ3) is 1.19. The fraction of sp³-hybridized carbons (Fsp3) is 1.00. The van der Waals surface area contributed by atoms with E-state index in [-0.39, 0.29) is 0 Å². The highest BCUT2D eigenvalue weighted by Gasteiger charge is 2.30. The lowest BCUT2D eigenvalue weighted by molar-refractivity contribution is 0.533. The summed E-state index contributed by atoms with van der Waals surface area (Å²) in [6, 6.07) is 0. The molecule has 1 heteroatoms. The Morgan fingerprint density at radius 2 is 2.25 bits per heavy atom. The van der Waals surface area contributed by atoms with Gasteiger partial charge in [0, 0.05) is 4.75 Å². The molecule has 8 heavy (non-hydrogen) atoms. The predicted octanol–water partition coefficient (Wildman–Crippen LogP) is 2.68. The van der Waals surface area contributed by atoms with E-state index in [1.807, 2.05) is 0 Å². The molecule has 1 unspecified atom stereocenters. The monoisotopic (exact) mass is 130 g/mol. The van der Waals surface area contributed by atoms with Gasteiger partial charge in [-0.2, -0.15) is 11.8 Å². The van der Waals surface area contributed by atoms with Crippen LogP contribution in [0.1, 0.15) is 33.1 Å². The smallest absolute Gasteiger partial charge is 0.0139 e. The SMILES string of the molecule is CCCC1(C)CCS1. The van der Waals surface area contributed by atoms with Crippen molar-refractivity contribution in [3.05, 3.63) is 0 Å². The first-order valence-electron chi connectivity index (χ1n) is 3.41. The van der Waals surface area contributed by atoms with E-state index in [0.717, 1.165) is 0 Å². The highest BCUT2D eigenvalue weighted by Crippen LogP contribution is 2.43. The summed E-state index contributed by atoms with van der Waals surface area (Å²) in [6.45, 7) is 4.65. The van der Waals surface area contributed by atoms with Gasteiger partial charge < -0.3 is 0 Å². The van der Waals surface area contributed by atoms with E-state index in [0.29, 0.717) is 4.75 Å². The van der Waals surface area contributed by atoms with E-state index in [1.165, 1.54) is 25.0 Å². The van der Waals surface area contributed by atoms with Crippen LogP contribution in [0.3, 0.4) is 0 Å². The molecule has 1 fully saturated rings. The summed E-state index contributed by atoms with van der Waals surface area (Å²) >= 11 is 2.13. The third-order valence-corrected chi connectivity index (χ3v) is 3.37. The maximum Gasteiger partial charge on any atom is 0.0139 e. The number of hydrogen-bond acceptors (Lipinski definition) is 1. The molecule has 1 aliphatic rings. The largest absolute Gasteiger partial charge is 0.155 e. The van der Waals surface area contributed by atoms with Crippen molar-refractivity contribution in [3.8, 4) is 0 Å². The lowest BCUT2D eigenvalue weighted by atomic mass is 10.0. The average Bonchev–Trinajstić information content (AvgIpc) is 1.64. The molecule has 0 saturated carbocycles. The highest BCUT2D eigenvalue weighted by atomic mass is 32.2. The fourth-order valence-corrected chi connectivity index (χ4v) is 2.43. The van der Waals surface area contributed by atoms with Crippen molar-refractivity contribution in [2.24, 2.45) is 0 Å². The zero-order valence-corrected chi connectivity index (χ0v) is 6.55. The van der Waals surface area contributed by atoms with Crippen molar-refractivity contribution < 1.29 is 0 Å². The second-order valence-electron chi connectivity index (χ2n) is 2.80. The fourth-order valence-electron chi connectivity index (χ4n) is 1.18. The first-order chi connectivity index (χ1) is 3.77. The van der Waals surface area contributed by atoms with Gasteiger partial charge in [0.15, 0.2) is 0 Å². The molecule has 0 aromatic rings. The van der Waals surface area contributed by atoms with Gasteiger partial charge in [0.2, 0.25) is 0 Å². The molecule has 0 spiro atoms. The van der Waals surface area contributed by atoms with Crippen LogP contribution in [0.5, 0.6) is 0 Å². The van der Waals surface area contributed by atoms with Crippen LogP contribution < -0.4 is 0 Å².